The van der Waals surface area contributed by atoms with Gasteiger partial charge in [0.2, 0.25) is 0 Å². The van der Waals surface area contributed by atoms with Crippen molar-refractivity contribution < 1.29 is 24.1 Å². The lowest BCUT2D eigenvalue weighted by Crippen LogP contribution is -2.60. The van der Waals surface area contributed by atoms with Gasteiger partial charge in [-0.1, -0.05) is 58.8 Å². The molecular formula is C22H26ClN5O5S. The fourth-order valence-electron chi connectivity index (χ4n) is 3.99. The summed E-state index contributed by atoms with van der Waals surface area (Å²) in [6.45, 7) is 2.48. The largest absolute Gasteiger partial charge is 0.374 e. The summed E-state index contributed by atoms with van der Waals surface area (Å²) in [7, 11) is 1.62. The van der Waals surface area contributed by atoms with Crippen LogP contribution in [0.25, 0.3) is 10.4 Å². The fraction of sp³-hybridized carbons (Fsp3) is 0.500. The second-order valence-corrected chi connectivity index (χ2v) is 9.26. The number of thioether (sulfide) groups is 1. The van der Waals surface area contributed by atoms with Crippen molar-refractivity contribution in [1.82, 2.24) is 10.3 Å². The molecule has 2 aliphatic rings. The Kier molecular flexibility index (Phi) is 8.65. The lowest BCUT2D eigenvalue weighted by atomic mass is 9.96. The molecule has 10 nitrogen and oxygen atoms in total. The van der Waals surface area contributed by atoms with Crippen LogP contribution < -0.4 is 5.32 Å². The molecule has 3 heterocycles. The predicted octanol–water partition coefficient (Wildman–Crippen LogP) is 3.96. The van der Waals surface area contributed by atoms with Gasteiger partial charge in [0.25, 0.3) is 0 Å². The summed E-state index contributed by atoms with van der Waals surface area (Å²) in [6, 6.07) is 10.6. The van der Waals surface area contributed by atoms with Crippen molar-refractivity contribution in [3.05, 3.63) is 69.3 Å². The van der Waals surface area contributed by atoms with E-state index in [0.717, 1.165) is 5.56 Å². The van der Waals surface area contributed by atoms with Gasteiger partial charge >= 0.3 is 0 Å². The average molecular weight is 508 g/mol. The summed E-state index contributed by atoms with van der Waals surface area (Å²) in [4.78, 5) is 7.96. The van der Waals surface area contributed by atoms with Crippen LogP contribution in [-0.2, 0) is 18.9 Å². The molecule has 2 aliphatic heterocycles. The monoisotopic (exact) mass is 507 g/mol. The van der Waals surface area contributed by atoms with Gasteiger partial charge in [-0.05, 0) is 25.6 Å². The van der Waals surface area contributed by atoms with Crippen LogP contribution in [0.1, 0.15) is 30.7 Å². The first-order valence-electron chi connectivity index (χ1n) is 10.9. The van der Waals surface area contributed by atoms with E-state index in [9.17, 15) is 10.6 Å². The SMILES string of the molecule is CCO[C@@H]1C(N=[N+]=[N-])[C@H]2OC(c3ccccc3)OCC2O[C@@H]1Sc1cc(Cl)cnc1C(O)NC. The highest BCUT2D eigenvalue weighted by Crippen LogP contribution is 2.42. The van der Waals surface area contributed by atoms with Gasteiger partial charge in [-0.2, -0.15) is 0 Å². The summed E-state index contributed by atoms with van der Waals surface area (Å²) in [5.41, 5.74) is 10.0. The minimum atomic E-state index is -0.998. The Morgan fingerprint density at radius 3 is 2.88 bits per heavy atom. The molecular weight excluding hydrogens is 482 g/mol. The van der Waals surface area contributed by atoms with E-state index in [-0.39, 0.29) is 6.61 Å². The zero-order valence-electron chi connectivity index (χ0n) is 18.7. The zero-order chi connectivity index (χ0) is 24.1. The first kappa shape index (κ1) is 25.2. The van der Waals surface area contributed by atoms with Crippen LogP contribution >= 0.6 is 23.4 Å². The van der Waals surface area contributed by atoms with Crippen LogP contribution in [0.3, 0.4) is 0 Å². The minimum absolute atomic E-state index is 0.247. The molecule has 0 spiro atoms. The Hall–Kier alpha value is -1.92. The van der Waals surface area contributed by atoms with Crippen molar-refractivity contribution in [1.29, 1.82) is 0 Å². The van der Waals surface area contributed by atoms with E-state index >= 15 is 0 Å². The fourth-order valence-corrected chi connectivity index (χ4v) is 5.52. The van der Waals surface area contributed by atoms with Crippen LogP contribution in [0.15, 0.2) is 52.6 Å². The van der Waals surface area contributed by atoms with Crippen molar-refractivity contribution in [3.8, 4) is 0 Å². The summed E-state index contributed by atoms with van der Waals surface area (Å²) in [5, 5.41) is 17.6. The number of aromatic nitrogens is 1. The maximum atomic E-state index is 10.4. The second-order valence-electron chi connectivity index (χ2n) is 7.68. The van der Waals surface area contributed by atoms with E-state index in [1.54, 1.807) is 13.1 Å². The number of hydrogen-bond acceptors (Lipinski definition) is 9. The molecule has 0 aliphatic carbocycles. The van der Waals surface area contributed by atoms with Gasteiger partial charge in [0, 0.05) is 28.2 Å². The number of azide groups is 1. The van der Waals surface area contributed by atoms with Crippen LogP contribution in [0.5, 0.6) is 0 Å². The first-order valence-corrected chi connectivity index (χ1v) is 12.1. The van der Waals surface area contributed by atoms with E-state index in [2.05, 4.69) is 20.3 Å². The number of hydrogen-bond donors (Lipinski definition) is 2. The van der Waals surface area contributed by atoms with E-state index in [0.29, 0.717) is 22.2 Å². The number of nitrogens with one attached hydrogen (secondary N) is 1. The Labute approximate surface area is 206 Å². The maximum Gasteiger partial charge on any atom is 0.184 e. The van der Waals surface area contributed by atoms with Crippen LogP contribution in [-0.4, -0.2) is 60.1 Å². The van der Waals surface area contributed by atoms with Gasteiger partial charge in [-0.3, -0.25) is 10.3 Å². The molecule has 0 radical (unpaired) electrons. The Bertz CT molecular complexity index is 1010. The van der Waals surface area contributed by atoms with Crippen molar-refractivity contribution in [2.75, 3.05) is 20.3 Å². The van der Waals surface area contributed by atoms with Crippen LogP contribution in [0.2, 0.25) is 5.02 Å². The van der Waals surface area contributed by atoms with Crippen molar-refractivity contribution in [2.45, 2.75) is 54.1 Å². The van der Waals surface area contributed by atoms with Crippen molar-refractivity contribution in [2.24, 2.45) is 5.11 Å². The standard InChI is InChI=1S/C22H26ClN5O5S/c1-3-30-19-17(27-28-24)18-14(11-31-21(33-18)12-7-5-4-6-8-12)32-22(19)34-15-9-13(23)10-26-16(15)20(29)25-2/h4-10,14,17-22,25,29H,3,11H2,1-2H3/t14?,17?,18-,19+,20?,21?,22+/m0/s1. The number of halogens is 1. The third kappa shape index (κ3) is 5.49. The van der Waals surface area contributed by atoms with Crippen molar-refractivity contribution in [3.63, 3.8) is 0 Å². The normalized spacial score (nSPS) is 29.6. The number of rotatable bonds is 8. The third-order valence-electron chi connectivity index (χ3n) is 5.55. The first-order chi connectivity index (χ1) is 16.5. The predicted molar refractivity (Wildman–Crippen MR) is 126 cm³/mol. The highest BCUT2D eigenvalue weighted by molar-refractivity contribution is 7.99. The molecule has 4 rings (SSSR count). The lowest BCUT2D eigenvalue weighted by molar-refractivity contribution is -0.300. The maximum absolute atomic E-state index is 10.4. The van der Waals surface area contributed by atoms with Gasteiger partial charge < -0.3 is 24.1 Å². The van der Waals surface area contributed by atoms with Crippen LogP contribution in [0, 0.1) is 0 Å². The average Bonchev–Trinajstić information content (AvgIpc) is 2.86. The second kappa shape index (κ2) is 11.7. The Balaban J connectivity index is 1.63. The molecule has 2 saturated heterocycles. The molecule has 2 fully saturated rings. The van der Waals surface area contributed by atoms with E-state index in [4.69, 9.17) is 30.5 Å². The third-order valence-corrected chi connectivity index (χ3v) is 6.95. The van der Waals surface area contributed by atoms with Gasteiger partial charge in [0.05, 0.1) is 23.4 Å². The molecule has 0 saturated carbocycles. The number of benzene rings is 1. The molecule has 4 unspecified atom stereocenters. The topological polar surface area (TPSA) is 131 Å². The number of pyridine rings is 1. The van der Waals surface area contributed by atoms with Gasteiger partial charge in [-0.15, -0.1) is 0 Å². The smallest absolute Gasteiger partial charge is 0.184 e. The highest BCUT2D eigenvalue weighted by atomic mass is 35.5. The summed E-state index contributed by atoms with van der Waals surface area (Å²) in [5.74, 6) is 0. The number of fused-ring (bicyclic) bond motifs is 1. The molecule has 0 amide bonds. The van der Waals surface area contributed by atoms with E-state index in [1.165, 1.54) is 18.0 Å². The summed E-state index contributed by atoms with van der Waals surface area (Å²) >= 11 is 7.48. The molecule has 0 bridgehead atoms. The van der Waals surface area contributed by atoms with Crippen molar-refractivity contribution >= 4 is 23.4 Å². The number of aliphatic hydroxyl groups is 1. The Morgan fingerprint density at radius 1 is 1.38 bits per heavy atom. The summed E-state index contributed by atoms with van der Waals surface area (Å²) < 4.78 is 24.5. The molecule has 2 N–H and O–H groups in total. The lowest BCUT2D eigenvalue weighted by Gasteiger charge is -2.48. The van der Waals surface area contributed by atoms with Crippen LogP contribution in [0.4, 0.5) is 0 Å². The molecule has 34 heavy (non-hydrogen) atoms. The molecule has 1 aromatic carbocycles. The molecule has 1 aromatic heterocycles. The zero-order valence-corrected chi connectivity index (χ0v) is 20.2. The number of ether oxygens (including phenoxy) is 4. The van der Waals surface area contributed by atoms with Gasteiger partial charge in [-0.25, -0.2) is 0 Å². The Morgan fingerprint density at radius 2 is 2.18 bits per heavy atom. The quantitative estimate of drug-likeness (QED) is 0.237. The molecule has 182 valence electrons. The van der Waals surface area contributed by atoms with E-state index in [1.807, 2.05) is 37.3 Å². The van der Waals surface area contributed by atoms with Gasteiger partial charge in [0.1, 0.15) is 30.0 Å². The molecule has 7 atom stereocenters. The molecule has 12 heteroatoms. The summed E-state index contributed by atoms with van der Waals surface area (Å²) in [6.07, 6.45) is -1.82. The van der Waals surface area contributed by atoms with E-state index < -0.39 is 42.3 Å². The highest BCUT2D eigenvalue weighted by Gasteiger charge is 2.50. The van der Waals surface area contributed by atoms with Gasteiger partial charge in [0.15, 0.2) is 6.29 Å². The molecule has 2 aromatic rings. The number of aliphatic hydroxyl groups excluding tert-OH is 1. The minimum Gasteiger partial charge on any atom is -0.374 e. The number of nitrogens with zero attached hydrogens (tertiary/aromatic N) is 4.